The zero-order valence-electron chi connectivity index (χ0n) is 19.8. The van der Waals surface area contributed by atoms with E-state index in [0.29, 0.717) is 0 Å². The summed E-state index contributed by atoms with van der Waals surface area (Å²) in [7, 11) is -3.95. The lowest BCUT2D eigenvalue weighted by atomic mass is 9.41. The predicted octanol–water partition coefficient (Wildman–Crippen LogP) is 8.64. The van der Waals surface area contributed by atoms with E-state index in [1.54, 1.807) is 0 Å². The second kappa shape index (κ2) is 8.73. The minimum atomic E-state index is -7.44. The van der Waals surface area contributed by atoms with Crippen molar-refractivity contribution in [3.63, 3.8) is 0 Å². The van der Waals surface area contributed by atoms with Crippen molar-refractivity contribution >= 4 is 18.7 Å². The van der Waals surface area contributed by atoms with E-state index in [9.17, 15) is 74.6 Å². The molecule has 3 aliphatic carbocycles. The van der Waals surface area contributed by atoms with Gasteiger partial charge in [-0.1, -0.05) is 0 Å². The maximum absolute atomic E-state index is 16.4. The summed E-state index contributed by atoms with van der Waals surface area (Å²) in [6, 6.07) is 0. The SMILES string of the molecule is FC1=C2C(=C(F)c3c(F)c(F)c(F)c(F)c32)C(F)(BC2(F)c3c(F)c(F)c(F)c(F)c3C(F)(F)C(F)(F)C2(F)F)C(F)=C1F. The van der Waals surface area contributed by atoms with Crippen molar-refractivity contribution in [3.8, 4) is 0 Å². The van der Waals surface area contributed by atoms with E-state index in [4.69, 9.17) is 0 Å². The van der Waals surface area contributed by atoms with E-state index in [-0.39, 0.29) is 0 Å². The molecule has 44 heavy (non-hydrogen) atoms. The Balaban J connectivity index is 1.92. The quantitative estimate of drug-likeness (QED) is 0.130. The predicted molar refractivity (Wildman–Crippen MR) is 105 cm³/mol. The number of rotatable bonds is 2. The second-order valence-electron chi connectivity index (χ2n) is 9.52. The van der Waals surface area contributed by atoms with Crippen molar-refractivity contribution in [2.45, 2.75) is 28.9 Å². The highest BCUT2D eigenvalue weighted by molar-refractivity contribution is 6.48. The Kier molecular flexibility index (Phi) is 6.30. The van der Waals surface area contributed by atoms with Crippen LogP contribution in [0, 0.1) is 46.5 Å². The molecule has 0 radical (unpaired) electrons. The molecule has 236 valence electrons. The van der Waals surface area contributed by atoms with Gasteiger partial charge >= 0.3 is 17.8 Å². The summed E-state index contributed by atoms with van der Waals surface area (Å²) < 4.78 is 293. The summed E-state index contributed by atoms with van der Waals surface area (Å²) in [5, 5.41) is 0. The van der Waals surface area contributed by atoms with Gasteiger partial charge in [-0.25, -0.2) is 61.5 Å². The van der Waals surface area contributed by atoms with Crippen LogP contribution in [0.5, 0.6) is 0 Å². The fourth-order valence-electron chi connectivity index (χ4n) is 5.27. The Morgan fingerprint density at radius 2 is 0.841 bits per heavy atom. The third kappa shape index (κ3) is 3.19. The number of hydrogen-bond acceptors (Lipinski definition) is 0. The molecule has 0 bridgehead atoms. The smallest absolute Gasteiger partial charge is 0.242 e. The van der Waals surface area contributed by atoms with Crippen LogP contribution >= 0.6 is 0 Å². The van der Waals surface area contributed by atoms with Crippen LogP contribution < -0.4 is 0 Å². The molecule has 5 rings (SSSR count). The summed E-state index contributed by atoms with van der Waals surface area (Å²) >= 11 is 0. The highest BCUT2D eigenvalue weighted by Crippen LogP contribution is 2.67. The first-order chi connectivity index (χ1) is 19.9. The van der Waals surface area contributed by atoms with Crippen LogP contribution in [0.1, 0.15) is 22.3 Å². The maximum atomic E-state index is 16.4. The van der Waals surface area contributed by atoms with Gasteiger partial charge in [0.1, 0.15) is 5.83 Å². The van der Waals surface area contributed by atoms with Gasteiger partial charge in [-0.15, -0.1) is 0 Å². The molecular weight excluding hydrogens is 667 g/mol. The summed E-state index contributed by atoms with van der Waals surface area (Å²) in [5.74, 6) is -61.2. The molecule has 0 fully saturated rings. The molecule has 2 aromatic rings. The van der Waals surface area contributed by atoms with Gasteiger partial charge in [0.2, 0.25) is 7.28 Å². The zero-order valence-corrected chi connectivity index (χ0v) is 19.8. The maximum Gasteiger partial charge on any atom is 0.379 e. The Morgan fingerprint density at radius 3 is 1.34 bits per heavy atom. The summed E-state index contributed by atoms with van der Waals surface area (Å²) in [5.41, 5.74) is -30.0. The van der Waals surface area contributed by atoms with Gasteiger partial charge in [0.15, 0.2) is 75.2 Å². The molecule has 0 heterocycles. The van der Waals surface area contributed by atoms with E-state index in [1.807, 2.05) is 0 Å². The van der Waals surface area contributed by atoms with Crippen molar-refractivity contribution < 1.29 is 87.8 Å². The zero-order chi connectivity index (χ0) is 33.6. The average molecular weight is 668 g/mol. The Hall–Kier alpha value is -3.68. The van der Waals surface area contributed by atoms with E-state index in [2.05, 4.69) is 0 Å². The highest BCUT2D eigenvalue weighted by Gasteiger charge is 2.86. The van der Waals surface area contributed by atoms with Crippen LogP contribution in [-0.2, 0) is 11.5 Å². The minimum absolute atomic E-state index is 2.36. The molecule has 2 aromatic carbocycles. The van der Waals surface area contributed by atoms with E-state index in [0.717, 1.165) is 0 Å². The highest BCUT2D eigenvalue weighted by atomic mass is 19.3. The van der Waals surface area contributed by atoms with Crippen LogP contribution in [0.4, 0.5) is 87.8 Å². The monoisotopic (exact) mass is 668 g/mol. The molecule has 0 amide bonds. The van der Waals surface area contributed by atoms with Gasteiger partial charge in [0.25, 0.3) is 0 Å². The lowest BCUT2D eigenvalue weighted by molar-refractivity contribution is -0.351. The van der Waals surface area contributed by atoms with Crippen molar-refractivity contribution in [3.05, 3.63) is 91.8 Å². The Bertz CT molecular complexity index is 1820. The number of fused-ring (bicyclic) bond motifs is 4. The standard InChI is InChI=1S/C23HBF20/c25-7-3-1(8(26)13(31)14(32)10(3)28)2-4(7)19(37,18(36)17(35)9(2)27)24-20(38)5-6(12(30)16(34)15(33)11(5)29)21(39,40)23(43,44)22(20,41)42/h24H. The average Bonchev–Trinajstić information content (AvgIpc) is 3.26. The van der Waals surface area contributed by atoms with Gasteiger partial charge in [-0.2, -0.15) is 26.3 Å². The number of allylic oxidation sites excluding steroid dienone is 5. The van der Waals surface area contributed by atoms with Crippen LogP contribution in [0.25, 0.3) is 11.4 Å². The van der Waals surface area contributed by atoms with Crippen LogP contribution in [0.3, 0.4) is 0 Å². The van der Waals surface area contributed by atoms with Gasteiger partial charge in [0, 0.05) is 22.3 Å². The molecule has 0 aromatic heterocycles. The molecule has 0 saturated carbocycles. The van der Waals surface area contributed by atoms with Crippen molar-refractivity contribution in [1.29, 1.82) is 0 Å². The van der Waals surface area contributed by atoms with Gasteiger partial charge in [0.05, 0.1) is 11.1 Å². The molecule has 21 heteroatoms. The molecule has 0 N–H and O–H groups in total. The van der Waals surface area contributed by atoms with Crippen LogP contribution in [0.2, 0.25) is 0 Å². The van der Waals surface area contributed by atoms with E-state index in [1.165, 1.54) is 0 Å². The Morgan fingerprint density at radius 1 is 0.409 bits per heavy atom. The van der Waals surface area contributed by atoms with Crippen molar-refractivity contribution in [2.75, 3.05) is 0 Å². The molecule has 2 unspecified atom stereocenters. The summed E-state index contributed by atoms with van der Waals surface area (Å²) in [6.45, 7) is 0. The topological polar surface area (TPSA) is 0 Å². The molecular formula is C23HBF20. The van der Waals surface area contributed by atoms with Crippen LogP contribution in [-0.4, -0.2) is 24.7 Å². The number of benzene rings is 2. The first kappa shape index (κ1) is 31.7. The third-order valence-corrected chi connectivity index (χ3v) is 7.31. The van der Waals surface area contributed by atoms with Crippen molar-refractivity contribution in [1.82, 2.24) is 0 Å². The van der Waals surface area contributed by atoms with E-state index < -0.39 is 139 Å². The van der Waals surface area contributed by atoms with Gasteiger partial charge < -0.3 is 0 Å². The Labute approximate surface area is 228 Å². The molecule has 0 spiro atoms. The first-order valence-electron chi connectivity index (χ1n) is 11.0. The lowest BCUT2D eigenvalue weighted by Crippen LogP contribution is -2.70. The molecule has 3 aliphatic rings. The number of hydrogen-bond donors (Lipinski definition) is 0. The summed E-state index contributed by atoms with van der Waals surface area (Å²) in [4.78, 5) is 0. The molecule has 0 aliphatic heterocycles. The molecule has 0 nitrogen and oxygen atoms in total. The number of alkyl halides is 8. The number of halogens is 20. The first-order valence-corrected chi connectivity index (χ1v) is 11.0. The summed E-state index contributed by atoms with van der Waals surface area (Å²) in [6.07, 6.45) is 0. The van der Waals surface area contributed by atoms with Gasteiger partial charge in [-0.3, -0.25) is 0 Å². The normalized spacial score (nSPS) is 26.6. The second-order valence-corrected chi connectivity index (χ2v) is 9.52. The fourth-order valence-corrected chi connectivity index (χ4v) is 5.27. The largest absolute Gasteiger partial charge is 0.379 e. The van der Waals surface area contributed by atoms with E-state index >= 15 is 13.2 Å². The van der Waals surface area contributed by atoms with Gasteiger partial charge in [-0.05, 0) is 0 Å². The fraction of sp³-hybridized carbons (Fsp3) is 0.217. The van der Waals surface area contributed by atoms with Crippen LogP contribution in [0.15, 0.2) is 23.1 Å². The molecule has 0 saturated heterocycles. The third-order valence-electron chi connectivity index (χ3n) is 7.31. The lowest BCUT2D eigenvalue weighted by Gasteiger charge is -2.48. The minimum Gasteiger partial charge on any atom is -0.242 e. The molecule has 2 atom stereocenters. The van der Waals surface area contributed by atoms with Crippen molar-refractivity contribution in [2.24, 2.45) is 0 Å².